The first-order chi connectivity index (χ1) is 17.5. The number of fused-ring (bicyclic) bond motifs is 3. The fraction of sp³-hybridized carbons (Fsp3) is 0.167. The average Bonchev–Trinajstić information content (AvgIpc) is 3.30. The molecule has 6 nitrogen and oxygen atoms in total. The summed E-state index contributed by atoms with van der Waals surface area (Å²) < 4.78 is 16.8. The standard InChI is InChI=1S/C30H27NO5/c1-34-23-14-15-27(28(17-23)35-2)30(31,21-10-12-22(32)13-11-21)29(33)36-18-20-7-5-9-25-24-8-4-3-6-19(24)16-26(20)25/h3-15,17,32H,16,18,31H2,1-2H3. The molecule has 0 amide bonds. The predicted molar refractivity (Wildman–Crippen MR) is 137 cm³/mol. The molecule has 0 bridgehead atoms. The zero-order chi connectivity index (χ0) is 25.3. The van der Waals surface area contributed by atoms with Crippen molar-refractivity contribution in [2.75, 3.05) is 14.2 Å². The van der Waals surface area contributed by atoms with Crippen molar-refractivity contribution >= 4 is 5.97 Å². The second-order valence-electron chi connectivity index (χ2n) is 8.77. The number of aromatic hydroxyl groups is 1. The first kappa shape index (κ1) is 23.5. The summed E-state index contributed by atoms with van der Waals surface area (Å²) >= 11 is 0. The molecule has 1 unspecified atom stereocenters. The second-order valence-corrected chi connectivity index (χ2v) is 8.77. The van der Waals surface area contributed by atoms with E-state index in [2.05, 4.69) is 18.2 Å². The van der Waals surface area contributed by atoms with E-state index < -0.39 is 11.5 Å². The van der Waals surface area contributed by atoms with Crippen LogP contribution in [0.25, 0.3) is 11.1 Å². The fourth-order valence-corrected chi connectivity index (χ4v) is 4.85. The van der Waals surface area contributed by atoms with E-state index in [4.69, 9.17) is 19.9 Å². The summed E-state index contributed by atoms with van der Waals surface area (Å²) in [6, 6.07) is 25.6. The van der Waals surface area contributed by atoms with Crippen molar-refractivity contribution in [1.82, 2.24) is 0 Å². The number of hydrogen-bond donors (Lipinski definition) is 2. The number of phenolic OH excluding ortho intramolecular Hbond substituents is 1. The lowest BCUT2D eigenvalue weighted by atomic mass is 9.83. The normalized spacial score (nSPS) is 13.3. The maximum atomic E-state index is 13.8. The summed E-state index contributed by atoms with van der Waals surface area (Å²) in [5, 5.41) is 9.82. The van der Waals surface area contributed by atoms with Crippen LogP contribution >= 0.6 is 0 Å². The molecule has 6 heteroatoms. The minimum Gasteiger partial charge on any atom is -0.508 e. The van der Waals surface area contributed by atoms with Crippen molar-refractivity contribution in [1.29, 1.82) is 0 Å². The Hall–Kier alpha value is -4.29. The highest BCUT2D eigenvalue weighted by Crippen LogP contribution is 2.40. The van der Waals surface area contributed by atoms with Gasteiger partial charge in [-0.05, 0) is 64.1 Å². The molecule has 3 N–H and O–H groups in total. The maximum Gasteiger partial charge on any atom is 0.335 e. The van der Waals surface area contributed by atoms with Crippen molar-refractivity contribution in [3.05, 3.63) is 113 Å². The maximum absolute atomic E-state index is 13.8. The molecule has 0 fully saturated rings. The molecule has 0 aromatic heterocycles. The molecule has 5 rings (SSSR count). The monoisotopic (exact) mass is 481 g/mol. The largest absolute Gasteiger partial charge is 0.508 e. The first-order valence-electron chi connectivity index (χ1n) is 11.6. The van der Waals surface area contributed by atoms with Gasteiger partial charge in [-0.25, -0.2) is 4.79 Å². The van der Waals surface area contributed by atoms with E-state index >= 15 is 0 Å². The number of carbonyl (C=O) groups excluding carboxylic acids is 1. The minimum atomic E-state index is -1.69. The molecule has 1 aliphatic carbocycles. The van der Waals surface area contributed by atoms with E-state index in [9.17, 15) is 9.90 Å². The van der Waals surface area contributed by atoms with Crippen LogP contribution in [-0.2, 0) is 28.1 Å². The Morgan fingerprint density at radius 3 is 2.42 bits per heavy atom. The molecule has 0 saturated carbocycles. The van der Waals surface area contributed by atoms with Crippen LogP contribution in [0, 0.1) is 0 Å². The summed E-state index contributed by atoms with van der Waals surface area (Å²) in [7, 11) is 3.06. The zero-order valence-corrected chi connectivity index (χ0v) is 20.2. The molecule has 1 aliphatic rings. The molecule has 182 valence electrons. The van der Waals surface area contributed by atoms with Gasteiger partial charge >= 0.3 is 5.97 Å². The molecule has 0 saturated heterocycles. The van der Waals surface area contributed by atoms with Crippen LogP contribution in [-0.4, -0.2) is 25.3 Å². The smallest absolute Gasteiger partial charge is 0.335 e. The van der Waals surface area contributed by atoms with Gasteiger partial charge < -0.3 is 25.1 Å². The Morgan fingerprint density at radius 2 is 1.67 bits per heavy atom. The summed E-state index contributed by atoms with van der Waals surface area (Å²) in [4.78, 5) is 13.8. The van der Waals surface area contributed by atoms with Gasteiger partial charge in [-0.15, -0.1) is 0 Å². The highest BCUT2D eigenvalue weighted by Gasteiger charge is 2.42. The van der Waals surface area contributed by atoms with Crippen molar-refractivity contribution in [3.63, 3.8) is 0 Å². The summed E-state index contributed by atoms with van der Waals surface area (Å²) in [6.07, 6.45) is 0.789. The molecule has 4 aromatic carbocycles. The summed E-state index contributed by atoms with van der Waals surface area (Å²) in [5.74, 6) is 0.384. The van der Waals surface area contributed by atoms with Gasteiger partial charge in [0.05, 0.1) is 14.2 Å². The van der Waals surface area contributed by atoms with E-state index in [-0.39, 0.29) is 12.4 Å². The van der Waals surface area contributed by atoms with Crippen LogP contribution in [0.15, 0.2) is 84.9 Å². The second kappa shape index (κ2) is 9.40. The number of esters is 1. The lowest BCUT2D eigenvalue weighted by Gasteiger charge is -2.30. The molecule has 0 radical (unpaired) electrons. The van der Waals surface area contributed by atoms with Crippen LogP contribution < -0.4 is 15.2 Å². The predicted octanol–water partition coefficient (Wildman–Crippen LogP) is 4.93. The molecular formula is C30H27NO5. The van der Waals surface area contributed by atoms with E-state index in [0.717, 1.165) is 23.1 Å². The van der Waals surface area contributed by atoms with E-state index in [0.29, 0.717) is 22.6 Å². The van der Waals surface area contributed by atoms with E-state index in [1.54, 1.807) is 37.4 Å². The Bertz CT molecular complexity index is 1430. The minimum absolute atomic E-state index is 0.0653. The number of carbonyl (C=O) groups is 1. The van der Waals surface area contributed by atoms with Gasteiger partial charge in [0.1, 0.15) is 23.9 Å². The topological polar surface area (TPSA) is 91.0 Å². The number of ether oxygens (including phenoxy) is 3. The lowest BCUT2D eigenvalue weighted by molar-refractivity contribution is -0.150. The van der Waals surface area contributed by atoms with Gasteiger partial charge in [0.2, 0.25) is 0 Å². The highest BCUT2D eigenvalue weighted by molar-refractivity contribution is 5.88. The van der Waals surface area contributed by atoms with Crippen LogP contribution in [0.1, 0.15) is 27.8 Å². The number of benzene rings is 4. The molecule has 0 spiro atoms. The average molecular weight is 482 g/mol. The van der Waals surface area contributed by atoms with Gasteiger partial charge in [-0.3, -0.25) is 0 Å². The van der Waals surface area contributed by atoms with Crippen LogP contribution in [0.3, 0.4) is 0 Å². The van der Waals surface area contributed by atoms with Gasteiger partial charge in [0, 0.05) is 11.6 Å². The Labute approximate surface area is 209 Å². The summed E-state index contributed by atoms with van der Waals surface area (Å²) in [6.45, 7) is 0.0749. The Kier molecular flexibility index (Phi) is 6.12. The first-order valence-corrected chi connectivity index (χ1v) is 11.6. The molecule has 0 heterocycles. The van der Waals surface area contributed by atoms with Gasteiger partial charge in [0.25, 0.3) is 0 Å². The van der Waals surface area contributed by atoms with Crippen molar-refractivity contribution in [3.8, 4) is 28.4 Å². The van der Waals surface area contributed by atoms with Crippen molar-refractivity contribution in [2.45, 2.75) is 18.6 Å². The van der Waals surface area contributed by atoms with Crippen LogP contribution in [0.4, 0.5) is 0 Å². The van der Waals surface area contributed by atoms with Gasteiger partial charge in [-0.1, -0.05) is 54.6 Å². The van der Waals surface area contributed by atoms with Gasteiger partial charge in [-0.2, -0.15) is 0 Å². The third kappa shape index (κ3) is 3.95. The SMILES string of the molecule is COc1ccc(C(N)(C(=O)OCc2cccc3c2Cc2ccccc2-3)c2ccc(O)cc2)c(OC)c1. The van der Waals surface area contributed by atoms with Crippen molar-refractivity contribution < 1.29 is 24.1 Å². The summed E-state index contributed by atoms with van der Waals surface area (Å²) in [5.41, 5.74) is 11.8. The van der Waals surface area contributed by atoms with Gasteiger partial charge in [0.15, 0.2) is 5.54 Å². The molecule has 0 aliphatic heterocycles. The molecule has 36 heavy (non-hydrogen) atoms. The highest BCUT2D eigenvalue weighted by atomic mass is 16.5. The molecule has 4 aromatic rings. The number of rotatable bonds is 7. The van der Waals surface area contributed by atoms with E-state index in [1.165, 1.54) is 30.4 Å². The number of hydrogen-bond acceptors (Lipinski definition) is 6. The number of methoxy groups -OCH3 is 2. The van der Waals surface area contributed by atoms with Crippen molar-refractivity contribution in [2.24, 2.45) is 5.73 Å². The quantitative estimate of drug-likeness (QED) is 0.321. The fourth-order valence-electron chi connectivity index (χ4n) is 4.85. The van der Waals surface area contributed by atoms with E-state index in [1.807, 2.05) is 24.3 Å². The van der Waals surface area contributed by atoms with Crippen LogP contribution in [0.5, 0.6) is 17.2 Å². The Morgan fingerprint density at radius 1 is 0.917 bits per heavy atom. The number of nitrogens with two attached hydrogens (primary N) is 1. The third-order valence-electron chi connectivity index (χ3n) is 6.78. The Balaban J connectivity index is 1.50. The zero-order valence-electron chi connectivity index (χ0n) is 20.2. The lowest BCUT2D eigenvalue weighted by Crippen LogP contribution is -2.47. The molecular weight excluding hydrogens is 454 g/mol. The molecule has 1 atom stereocenters. The third-order valence-corrected chi connectivity index (χ3v) is 6.78. The number of phenols is 1. The van der Waals surface area contributed by atoms with Crippen LogP contribution in [0.2, 0.25) is 0 Å².